The Morgan fingerprint density at radius 3 is 2.20 bits per heavy atom. The van der Waals surface area contributed by atoms with Crippen molar-refractivity contribution in [3.05, 3.63) is 113 Å². The van der Waals surface area contributed by atoms with E-state index in [1.54, 1.807) is 49.4 Å². The number of benzene rings is 3. The molecule has 1 unspecified atom stereocenters. The Bertz CT molecular complexity index is 1770. The van der Waals surface area contributed by atoms with Crippen molar-refractivity contribution in [2.45, 2.75) is 32.4 Å². The van der Waals surface area contributed by atoms with Crippen LogP contribution in [0.5, 0.6) is 0 Å². The van der Waals surface area contributed by atoms with Crippen LogP contribution in [-0.2, 0) is 33.8 Å². The van der Waals surface area contributed by atoms with E-state index in [-0.39, 0.29) is 30.4 Å². The molecule has 1 aliphatic heterocycles. The molecule has 3 aromatic carbocycles. The number of fused-ring (bicyclic) bond motifs is 1. The second kappa shape index (κ2) is 19.9. The number of nitrogens with zero attached hydrogens (tertiary/aromatic N) is 2. The smallest absolute Gasteiger partial charge is 0.328 e. The molecular weight excluding hydrogens is 646 g/mol. The molecule has 0 radical (unpaired) electrons. The monoisotopic (exact) mass is 689 g/mol. The summed E-state index contributed by atoms with van der Waals surface area (Å²) in [6.07, 6.45) is 4.50. The maximum Gasteiger partial charge on any atom is 0.328 e. The lowest BCUT2D eigenvalue weighted by atomic mass is 10.0. The number of aromatic nitrogens is 1. The summed E-state index contributed by atoms with van der Waals surface area (Å²) in [5, 5.41) is 30.1. The molecule has 1 atom stereocenters. The molecule has 0 bridgehead atoms. The van der Waals surface area contributed by atoms with Gasteiger partial charge in [-0.1, -0.05) is 36.4 Å². The fourth-order valence-corrected chi connectivity index (χ4v) is 4.87. The summed E-state index contributed by atoms with van der Waals surface area (Å²) in [6.45, 7) is 3.00. The van der Waals surface area contributed by atoms with E-state index >= 15 is 0 Å². The number of carbonyl (C=O) groups is 5. The third-order valence-electron chi connectivity index (χ3n) is 7.14. The van der Waals surface area contributed by atoms with Crippen molar-refractivity contribution in [2.24, 2.45) is 0 Å². The molecule has 1 saturated heterocycles. The molecule has 50 heavy (non-hydrogen) atoms. The zero-order chi connectivity index (χ0) is 35.9. The minimum atomic E-state index is -1.26. The summed E-state index contributed by atoms with van der Waals surface area (Å²) in [6, 6.07) is 21.2. The Labute approximate surface area is 289 Å². The van der Waals surface area contributed by atoms with Gasteiger partial charge in [-0.3, -0.25) is 14.5 Å². The Morgan fingerprint density at radius 2 is 1.58 bits per heavy atom. The molecule has 0 spiro atoms. The van der Waals surface area contributed by atoms with Crippen LogP contribution in [0.25, 0.3) is 10.9 Å². The lowest BCUT2D eigenvalue weighted by Gasteiger charge is -2.14. The fraction of sp³-hybridized carbons (Fsp3) is 0.250. The molecule has 14 nitrogen and oxygen atoms in total. The first kappa shape index (κ1) is 40.3. The van der Waals surface area contributed by atoms with Crippen molar-refractivity contribution in [3.8, 4) is 0 Å². The number of hydrogen-bond donors (Lipinski definition) is 6. The van der Waals surface area contributed by atoms with Crippen molar-refractivity contribution in [3.63, 3.8) is 0 Å². The average Bonchev–Trinajstić information content (AvgIpc) is 3.59. The summed E-state index contributed by atoms with van der Waals surface area (Å²) >= 11 is 0. The van der Waals surface area contributed by atoms with Gasteiger partial charge in [-0.25, -0.2) is 14.4 Å². The van der Waals surface area contributed by atoms with Crippen LogP contribution in [0.3, 0.4) is 0 Å². The van der Waals surface area contributed by atoms with Gasteiger partial charge in [0, 0.05) is 60.1 Å². The molecule has 2 heterocycles. The van der Waals surface area contributed by atoms with E-state index in [1.165, 1.54) is 10.5 Å². The Kier molecular flexibility index (Phi) is 16.0. The number of amides is 4. The number of hydrogen-bond acceptors (Lipinski definition) is 7. The summed E-state index contributed by atoms with van der Waals surface area (Å²) in [5.41, 5.74) is 5.19. The largest absolute Gasteiger partial charge is 0.478 e. The molecule has 0 saturated carbocycles. The number of H-pyrrole nitrogens is 1. The van der Waals surface area contributed by atoms with Crippen LogP contribution in [-0.4, -0.2) is 98.7 Å². The number of carboxylic acids is 2. The van der Waals surface area contributed by atoms with Gasteiger partial charge in [0.25, 0.3) is 11.8 Å². The topological polar surface area (TPSA) is 224 Å². The van der Waals surface area contributed by atoms with Gasteiger partial charge in [-0.15, -0.1) is 0 Å². The third kappa shape index (κ3) is 12.3. The second-order valence-electron chi connectivity index (χ2n) is 11.2. The van der Waals surface area contributed by atoms with Crippen LogP contribution in [0, 0.1) is 0 Å². The quantitative estimate of drug-likeness (QED) is 0.100. The molecule has 8 N–H and O–H groups in total. The number of likely N-dealkylation sites (N-methyl/N-ethyl adjacent to an activating group) is 1. The summed E-state index contributed by atoms with van der Waals surface area (Å²) in [4.78, 5) is 64.2. The maximum atomic E-state index is 13.2. The zero-order valence-electron chi connectivity index (χ0n) is 28.1. The first-order valence-electron chi connectivity index (χ1n) is 15.5. The lowest BCUT2D eigenvalue weighted by Crippen LogP contribution is -2.32. The molecule has 266 valence electrons. The number of anilines is 1. The van der Waals surface area contributed by atoms with Crippen LogP contribution >= 0.6 is 0 Å². The number of nitrogens with one attached hydrogen (secondary N) is 3. The van der Waals surface area contributed by atoms with Gasteiger partial charge in [-0.2, -0.15) is 0 Å². The van der Waals surface area contributed by atoms with E-state index in [0.717, 1.165) is 35.0 Å². The second-order valence-corrected chi connectivity index (χ2v) is 11.2. The predicted octanol–water partition coefficient (Wildman–Crippen LogP) is 3.07. The van der Waals surface area contributed by atoms with E-state index in [9.17, 15) is 24.0 Å². The zero-order valence-corrected chi connectivity index (χ0v) is 28.1. The summed E-state index contributed by atoms with van der Waals surface area (Å²) in [7, 11) is 4.11. The molecular formula is C36H43N5O9. The normalized spacial score (nSPS) is 13.5. The first-order chi connectivity index (χ1) is 23.4. The van der Waals surface area contributed by atoms with Crippen LogP contribution in [0.2, 0.25) is 0 Å². The molecule has 0 aliphatic carbocycles. The number of urea groups is 1. The number of imide groups is 1. The number of carboxylic acid groups (broad SMARTS) is 2. The fourth-order valence-electron chi connectivity index (χ4n) is 4.87. The van der Waals surface area contributed by atoms with Gasteiger partial charge in [-0.05, 0) is 80.5 Å². The van der Waals surface area contributed by atoms with Crippen molar-refractivity contribution in [1.82, 2.24) is 20.1 Å². The summed E-state index contributed by atoms with van der Waals surface area (Å²) in [5.74, 6) is -2.99. The standard InChI is InChI=1S/C30H31N5O3.C4H4O4.C2H6O.H2O/c1-34(2)14-13-23-18-31-26-12-11-20(16-25(23)26)17-27-29(37)35(30(38)33-27)19-21-7-6-10-24(15-21)32-28(36)22-8-4-3-5-9-22;5-3(6)1-2-4(7)8;1-2-3;/h3-12,15-16,18,27,31H,13-14,17,19H2,1-2H3,(H,32,36)(H,33,38);1-2H,(H,5,6)(H,7,8);3H,2H2,1H3;1H2/b;2-1-;;. The van der Waals surface area contributed by atoms with Gasteiger partial charge >= 0.3 is 18.0 Å². The van der Waals surface area contributed by atoms with Crippen molar-refractivity contribution in [1.29, 1.82) is 0 Å². The number of aromatic amines is 1. The molecule has 1 fully saturated rings. The minimum Gasteiger partial charge on any atom is -0.478 e. The van der Waals surface area contributed by atoms with Crippen LogP contribution in [0.1, 0.15) is 34.0 Å². The van der Waals surface area contributed by atoms with Gasteiger partial charge in [0.1, 0.15) is 6.04 Å². The van der Waals surface area contributed by atoms with E-state index in [1.807, 2.05) is 30.5 Å². The van der Waals surface area contributed by atoms with Gasteiger partial charge in [0.15, 0.2) is 0 Å². The minimum absolute atomic E-state index is 0. The maximum absolute atomic E-state index is 13.2. The molecule has 1 aliphatic rings. The molecule has 1 aromatic heterocycles. The molecule has 4 amide bonds. The summed E-state index contributed by atoms with van der Waals surface area (Å²) < 4.78 is 0. The molecule has 4 aromatic rings. The Balaban J connectivity index is 0.000000631. The number of rotatable bonds is 11. The van der Waals surface area contributed by atoms with Gasteiger partial charge in [0.2, 0.25) is 0 Å². The van der Waals surface area contributed by atoms with E-state index < -0.39 is 24.0 Å². The molecule has 5 rings (SSSR count). The average molecular weight is 690 g/mol. The van der Waals surface area contributed by atoms with Crippen molar-refractivity contribution in [2.75, 3.05) is 32.6 Å². The first-order valence-corrected chi connectivity index (χ1v) is 15.5. The third-order valence-corrected chi connectivity index (χ3v) is 7.14. The SMILES string of the molecule is CCO.CN(C)CCc1c[nH]c2ccc(CC3NC(=O)N(Cc4cccc(NC(=O)c5ccccc5)c4)C3=O)cc12.O.O=C(O)/C=C\C(=O)O. The van der Waals surface area contributed by atoms with Crippen molar-refractivity contribution >= 4 is 46.4 Å². The van der Waals surface area contributed by atoms with Crippen molar-refractivity contribution < 1.29 is 44.8 Å². The van der Waals surface area contributed by atoms with Crippen LogP contribution in [0.4, 0.5) is 10.5 Å². The Morgan fingerprint density at radius 1 is 0.920 bits per heavy atom. The highest BCUT2D eigenvalue weighted by Crippen LogP contribution is 2.23. The predicted molar refractivity (Wildman–Crippen MR) is 189 cm³/mol. The van der Waals surface area contributed by atoms with Crippen LogP contribution < -0.4 is 10.6 Å². The van der Waals surface area contributed by atoms with E-state index in [0.29, 0.717) is 29.8 Å². The Hall–Kier alpha value is -5.83. The van der Waals surface area contributed by atoms with E-state index in [4.69, 9.17) is 15.3 Å². The van der Waals surface area contributed by atoms with Gasteiger partial charge in [0.05, 0.1) is 6.54 Å². The highest BCUT2D eigenvalue weighted by Gasteiger charge is 2.37. The highest BCUT2D eigenvalue weighted by atomic mass is 16.4. The number of aliphatic carboxylic acids is 2. The van der Waals surface area contributed by atoms with Crippen LogP contribution in [0.15, 0.2) is 91.1 Å². The lowest BCUT2D eigenvalue weighted by molar-refractivity contribution is -0.134. The van der Waals surface area contributed by atoms with E-state index in [2.05, 4.69) is 40.7 Å². The number of carbonyl (C=O) groups excluding carboxylic acids is 3. The number of aliphatic hydroxyl groups is 1. The number of aliphatic hydroxyl groups excluding tert-OH is 1. The van der Waals surface area contributed by atoms with Gasteiger partial charge < -0.3 is 41.3 Å². The molecule has 14 heteroatoms. The highest BCUT2D eigenvalue weighted by molar-refractivity contribution is 6.05.